The van der Waals surface area contributed by atoms with Gasteiger partial charge in [0.2, 0.25) is 0 Å². The fourth-order valence-corrected chi connectivity index (χ4v) is 10.3. The molecule has 0 N–H and O–H groups in total. The highest BCUT2D eigenvalue weighted by Gasteiger charge is 2.36. The first-order chi connectivity index (χ1) is 28.0. The van der Waals surface area contributed by atoms with E-state index in [0.29, 0.717) is 0 Å². The van der Waals surface area contributed by atoms with E-state index in [2.05, 4.69) is 208 Å². The Hall–Kier alpha value is -7.02. The van der Waals surface area contributed by atoms with Crippen molar-refractivity contribution >= 4 is 64.6 Å². The molecule has 0 heteroatoms. The lowest BCUT2D eigenvalue weighted by atomic mass is 9.81. The van der Waals surface area contributed by atoms with Crippen molar-refractivity contribution in [3.63, 3.8) is 0 Å². The van der Waals surface area contributed by atoms with Crippen LogP contribution in [0.4, 0.5) is 0 Å². The molecule has 0 saturated heterocycles. The molecule has 1 aliphatic carbocycles. The molecule has 12 rings (SSSR count). The van der Waals surface area contributed by atoms with E-state index in [0.717, 1.165) is 0 Å². The highest BCUT2D eigenvalue weighted by molar-refractivity contribution is 6.28. The van der Waals surface area contributed by atoms with Crippen molar-refractivity contribution in [1.82, 2.24) is 0 Å². The number of rotatable bonds is 3. The van der Waals surface area contributed by atoms with Crippen LogP contribution in [0, 0.1) is 0 Å². The van der Waals surface area contributed by atoms with Crippen LogP contribution in [0.3, 0.4) is 0 Å². The zero-order valence-corrected chi connectivity index (χ0v) is 32.0. The second-order valence-corrected chi connectivity index (χ2v) is 16.4. The summed E-state index contributed by atoms with van der Waals surface area (Å²) < 4.78 is 0. The molecule has 0 aromatic heterocycles. The van der Waals surface area contributed by atoms with Gasteiger partial charge in [0.25, 0.3) is 0 Å². The molecule has 0 radical (unpaired) electrons. The summed E-state index contributed by atoms with van der Waals surface area (Å²) in [7, 11) is 0. The molecule has 0 unspecified atom stereocenters. The average Bonchev–Trinajstić information content (AvgIpc) is 3.48. The topological polar surface area (TPSA) is 0 Å². The first-order valence-electron chi connectivity index (χ1n) is 20.1. The minimum absolute atomic E-state index is 0.0567. The summed E-state index contributed by atoms with van der Waals surface area (Å²) in [6.45, 7) is 4.74. The van der Waals surface area contributed by atoms with Crippen molar-refractivity contribution in [3.05, 3.63) is 205 Å². The number of hydrogen-bond donors (Lipinski definition) is 0. The Morgan fingerprint density at radius 1 is 0.281 bits per heavy atom. The molecule has 57 heavy (non-hydrogen) atoms. The molecule has 0 aliphatic heterocycles. The Bertz CT molecular complexity index is 3430. The summed E-state index contributed by atoms with van der Waals surface area (Å²) in [6, 6.07) is 72.8. The highest BCUT2D eigenvalue weighted by Crippen LogP contribution is 2.52. The van der Waals surface area contributed by atoms with Gasteiger partial charge in [-0.2, -0.15) is 0 Å². The molecule has 0 bridgehead atoms. The Morgan fingerprint density at radius 3 is 1.51 bits per heavy atom. The van der Waals surface area contributed by atoms with Gasteiger partial charge in [-0.05, 0) is 151 Å². The minimum atomic E-state index is -0.0567. The molecular formula is C57H38. The molecule has 0 spiro atoms. The van der Waals surface area contributed by atoms with Crippen LogP contribution in [-0.2, 0) is 5.41 Å². The van der Waals surface area contributed by atoms with Gasteiger partial charge in [-0.3, -0.25) is 0 Å². The van der Waals surface area contributed by atoms with Crippen LogP contribution in [0.5, 0.6) is 0 Å². The van der Waals surface area contributed by atoms with Crippen LogP contribution >= 0.6 is 0 Å². The number of fused-ring (bicyclic) bond motifs is 11. The first kappa shape index (κ1) is 32.2. The SMILES string of the molecule is CC1(C)c2ccc(-c3cccc(-c4c5ccccc5c(-c5cc6ccc7ccccc7c6c6ccccc56)c5ccccc45)c3)cc2-c2cc3ccccc3cc21. The Balaban J connectivity index is 1.07. The Labute approximate surface area is 332 Å². The summed E-state index contributed by atoms with van der Waals surface area (Å²) in [5.41, 5.74) is 13.0. The summed E-state index contributed by atoms with van der Waals surface area (Å²) in [6.07, 6.45) is 0. The van der Waals surface area contributed by atoms with Crippen molar-refractivity contribution < 1.29 is 0 Å². The Kier molecular flexibility index (Phi) is 6.78. The lowest BCUT2D eigenvalue weighted by Gasteiger charge is -2.22. The average molecular weight is 723 g/mol. The van der Waals surface area contributed by atoms with Crippen molar-refractivity contribution in [2.24, 2.45) is 0 Å². The fourth-order valence-electron chi connectivity index (χ4n) is 10.3. The van der Waals surface area contributed by atoms with E-state index < -0.39 is 0 Å². The molecular weight excluding hydrogens is 685 g/mol. The van der Waals surface area contributed by atoms with Crippen LogP contribution in [0.2, 0.25) is 0 Å². The molecule has 0 amide bonds. The van der Waals surface area contributed by atoms with Crippen LogP contribution in [0.25, 0.3) is 109 Å². The molecule has 11 aromatic carbocycles. The van der Waals surface area contributed by atoms with Gasteiger partial charge < -0.3 is 0 Å². The summed E-state index contributed by atoms with van der Waals surface area (Å²) in [5, 5.41) is 15.4. The molecule has 0 fully saturated rings. The standard InChI is InChI=1S/C57H38/c1-57(2)52-29-28-39(32-49(52)50-31-37-15-3-4-16-38(37)34-53(50)57)36-17-13-18-40(30-36)55-45-22-9-11-24-47(45)56(48-25-12-10-23-46(48)55)51-33-41-27-26-35-14-5-6-19-42(35)54(41)44-21-8-7-20-43(44)51/h3-34H,1-2H3. The van der Waals surface area contributed by atoms with Crippen molar-refractivity contribution in [1.29, 1.82) is 0 Å². The second-order valence-electron chi connectivity index (χ2n) is 16.4. The van der Waals surface area contributed by atoms with E-state index in [-0.39, 0.29) is 5.41 Å². The summed E-state index contributed by atoms with van der Waals surface area (Å²) in [4.78, 5) is 0. The molecule has 0 heterocycles. The van der Waals surface area contributed by atoms with Crippen LogP contribution in [-0.4, -0.2) is 0 Å². The molecule has 11 aromatic rings. The van der Waals surface area contributed by atoms with Gasteiger partial charge in [-0.15, -0.1) is 0 Å². The van der Waals surface area contributed by atoms with E-state index in [4.69, 9.17) is 0 Å². The molecule has 0 atom stereocenters. The van der Waals surface area contributed by atoms with E-state index in [1.807, 2.05) is 0 Å². The maximum absolute atomic E-state index is 2.44. The predicted molar refractivity (Wildman–Crippen MR) is 245 cm³/mol. The largest absolute Gasteiger partial charge is 0.0616 e. The molecule has 0 nitrogen and oxygen atoms in total. The zero-order valence-electron chi connectivity index (χ0n) is 32.0. The highest BCUT2D eigenvalue weighted by atomic mass is 14.4. The van der Waals surface area contributed by atoms with Gasteiger partial charge in [0.1, 0.15) is 0 Å². The van der Waals surface area contributed by atoms with Crippen LogP contribution in [0.15, 0.2) is 194 Å². The monoisotopic (exact) mass is 722 g/mol. The van der Waals surface area contributed by atoms with Crippen LogP contribution < -0.4 is 0 Å². The normalized spacial score (nSPS) is 13.2. The third-order valence-electron chi connectivity index (χ3n) is 13.0. The van der Waals surface area contributed by atoms with Gasteiger partial charge in [0, 0.05) is 5.41 Å². The van der Waals surface area contributed by atoms with Crippen LogP contribution in [0.1, 0.15) is 25.0 Å². The smallest absolute Gasteiger partial charge is 0.0159 e. The third kappa shape index (κ3) is 4.68. The van der Waals surface area contributed by atoms with E-state index in [9.17, 15) is 0 Å². The zero-order chi connectivity index (χ0) is 37.8. The van der Waals surface area contributed by atoms with Gasteiger partial charge >= 0.3 is 0 Å². The molecule has 0 saturated carbocycles. The fraction of sp³-hybridized carbons (Fsp3) is 0.0526. The molecule has 266 valence electrons. The third-order valence-corrected chi connectivity index (χ3v) is 13.0. The maximum Gasteiger partial charge on any atom is 0.0159 e. The Morgan fingerprint density at radius 2 is 0.789 bits per heavy atom. The maximum atomic E-state index is 2.44. The van der Waals surface area contributed by atoms with Gasteiger partial charge in [-0.1, -0.05) is 178 Å². The summed E-state index contributed by atoms with van der Waals surface area (Å²) >= 11 is 0. The van der Waals surface area contributed by atoms with E-state index in [1.165, 1.54) is 120 Å². The molecule has 1 aliphatic rings. The lowest BCUT2D eigenvalue weighted by molar-refractivity contribution is 0.661. The minimum Gasteiger partial charge on any atom is -0.0616 e. The number of hydrogen-bond acceptors (Lipinski definition) is 0. The van der Waals surface area contributed by atoms with E-state index >= 15 is 0 Å². The van der Waals surface area contributed by atoms with Gasteiger partial charge in [0.05, 0.1) is 0 Å². The first-order valence-corrected chi connectivity index (χ1v) is 20.1. The summed E-state index contributed by atoms with van der Waals surface area (Å²) in [5.74, 6) is 0. The van der Waals surface area contributed by atoms with Crippen molar-refractivity contribution in [3.8, 4) is 44.5 Å². The van der Waals surface area contributed by atoms with Gasteiger partial charge in [-0.25, -0.2) is 0 Å². The quantitative estimate of drug-likeness (QED) is 0.126. The predicted octanol–water partition coefficient (Wildman–Crippen LogP) is 15.9. The lowest BCUT2D eigenvalue weighted by Crippen LogP contribution is -2.14. The van der Waals surface area contributed by atoms with Crippen molar-refractivity contribution in [2.75, 3.05) is 0 Å². The number of benzene rings is 11. The second kappa shape index (κ2) is 12.0. The van der Waals surface area contributed by atoms with Gasteiger partial charge in [0.15, 0.2) is 0 Å². The van der Waals surface area contributed by atoms with Crippen molar-refractivity contribution in [2.45, 2.75) is 19.3 Å². The van der Waals surface area contributed by atoms with E-state index in [1.54, 1.807) is 0 Å².